The molecule has 1 aromatic carbocycles. The summed E-state index contributed by atoms with van der Waals surface area (Å²) in [4.78, 5) is 26.0. The second-order valence-corrected chi connectivity index (χ2v) is 7.81. The van der Waals surface area contributed by atoms with Crippen LogP contribution in [-0.4, -0.2) is 29.7 Å². The molecule has 3 N–H and O–H groups in total. The second-order valence-electron chi connectivity index (χ2n) is 6.01. The Labute approximate surface area is 154 Å². The average Bonchev–Trinajstić information content (AvgIpc) is 3.34. The summed E-state index contributed by atoms with van der Waals surface area (Å²) in [5.41, 5.74) is -0.493. The zero-order chi connectivity index (χ0) is 17.9. The van der Waals surface area contributed by atoms with Gasteiger partial charge in [-0.25, -0.2) is 0 Å². The number of thioether (sulfide) groups is 1. The number of hydrogen-bond acceptors (Lipinski definition) is 5. The zero-order valence-electron chi connectivity index (χ0n) is 13.8. The van der Waals surface area contributed by atoms with Crippen molar-refractivity contribution < 1.29 is 14.7 Å². The van der Waals surface area contributed by atoms with Crippen LogP contribution in [0.25, 0.3) is 0 Å². The molecule has 1 atom stereocenters. The molecule has 0 spiro atoms. The van der Waals surface area contributed by atoms with Crippen LogP contribution in [0.5, 0.6) is 0 Å². The summed E-state index contributed by atoms with van der Waals surface area (Å²) < 4.78 is 0. The maximum Gasteiger partial charge on any atom is 0.313 e. The number of benzene rings is 1. The number of hydrogen-bond donors (Lipinski definition) is 3. The van der Waals surface area contributed by atoms with E-state index in [0.717, 1.165) is 22.6 Å². The summed E-state index contributed by atoms with van der Waals surface area (Å²) >= 11 is 2.95. The Hall–Kier alpha value is -1.83. The first-order chi connectivity index (χ1) is 12.0. The van der Waals surface area contributed by atoms with E-state index in [1.54, 1.807) is 12.1 Å². The summed E-state index contributed by atoms with van der Waals surface area (Å²) in [6.45, 7) is 0.0363. The molecule has 1 aliphatic carbocycles. The van der Waals surface area contributed by atoms with E-state index < -0.39 is 17.4 Å². The number of carbonyl (C=O) groups is 2. The predicted octanol–water partition coefficient (Wildman–Crippen LogP) is 2.82. The molecule has 1 heterocycles. The Bertz CT molecular complexity index is 759. The molecule has 0 saturated heterocycles. The van der Waals surface area contributed by atoms with E-state index in [-0.39, 0.29) is 12.5 Å². The van der Waals surface area contributed by atoms with Crippen molar-refractivity contribution in [3.8, 4) is 0 Å². The van der Waals surface area contributed by atoms with Crippen LogP contribution in [0.4, 0.5) is 5.69 Å². The van der Waals surface area contributed by atoms with Crippen LogP contribution in [0, 0.1) is 5.92 Å². The Balaban J connectivity index is 1.62. The lowest BCUT2D eigenvalue weighted by molar-refractivity contribution is -0.137. The van der Waals surface area contributed by atoms with Gasteiger partial charge in [0.1, 0.15) is 5.60 Å². The second kappa shape index (κ2) is 7.59. The molecule has 1 fully saturated rings. The molecule has 1 saturated carbocycles. The van der Waals surface area contributed by atoms with Gasteiger partial charge in [-0.15, -0.1) is 23.1 Å². The van der Waals surface area contributed by atoms with Crippen LogP contribution in [0.1, 0.15) is 17.7 Å². The van der Waals surface area contributed by atoms with Gasteiger partial charge in [0.05, 0.1) is 12.2 Å². The number of amides is 2. The number of thiophene rings is 1. The highest BCUT2D eigenvalue weighted by Gasteiger charge is 2.46. The molecule has 0 radical (unpaired) electrons. The molecule has 0 bridgehead atoms. The van der Waals surface area contributed by atoms with Crippen LogP contribution >= 0.6 is 23.1 Å². The maximum absolute atomic E-state index is 12.2. The fraction of sp³-hybridized carbons (Fsp3) is 0.333. The molecular formula is C18H20N2O3S2. The molecule has 0 aliphatic heterocycles. The molecule has 1 aliphatic rings. The van der Waals surface area contributed by atoms with Gasteiger partial charge >= 0.3 is 11.8 Å². The number of nitrogens with one attached hydrogen (secondary N) is 2. The Morgan fingerprint density at radius 2 is 2.00 bits per heavy atom. The van der Waals surface area contributed by atoms with Gasteiger partial charge < -0.3 is 15.7 Å². The summed E-state index contributed by atoms with van der Waals surface area (Å²) in [6.07, 6.45) is 3.76. The van der Waals surface area contributed by atoms with Gasteiger partial charge in [0.2, 0.25) is 0 Å². The first-order valence-electron chi connectivity index (χ1n) is 8.03. The third-order valence-electron chi connectivity index (χ3n) is 4.28. The molecule has 7 heteroatoms. The van der Waals surface area contributed by atoms with Crippen LogP contribution < -0.4 is 10.6 Å². The van der Waals surface area contributed by atoms with Crippen molar-refractivity contribution in [2.45, 2.75) is 23.3 Å². The standard InChI is InChI=1S/C18H20N2O3S2/c1-24-14-6-3-2-5-13(14)20-17(22)16(21)19-11-18(23,12-8-9-12)15-7-4-10-25-15/h2-7,10,12,23H,8-9,11H2,1H3,(H,19,21)(H,20,22)/t18-/m0/s1. The Kier molecular flexibility index (Phi) is 5.46. The molecular weight excluding hydrogens is 356 g/mol. The molecule has 2 amide bonds. The summed E-state index contributed by atoms with van der Waals surface area (Å²) in [5, 5.41) is 18.1. The molecule has 0 unspecified atom stereocenters. The van der Waals surface area contributed by atoms with Crippen LogP contribution in [0.3, 0.4) is 0 Å². The van der Waals surface area contributed by atoms with E-state index in [1.807, 2.05) is 35.9 Å². The van der Waals surface area contributed by atoms with Gasteiger partial charge in [-0.05, 0) is 48.6 Å². The van der Waals surface area contributed by atoms with Gasteiger partial charge in [-0.1, -0.05) is 18.2 Å². The SMILES string of the molecule is CSc1ccccc1NC(=O)C(=O)NC[C@@](O)(c1cccs1)C1CC1. The van der Waals surface area contributed by atoms with Crippen molar-refractivity contribution >= 4 is 40.6 Å². The largest absolute Gasteiger partial charge is 0.382 e. The number of aliphatic hydroxyl groups is 1. The van der Waals surface area contributed by atoms with E-state index in [9.17, 15) is 14.7 Å². The molecule has 25 heavy (non-hydrogen) atoms. The highest BCUT2D eigenvalue weighted by Crippen LogP contribution is 2.46. The van der Waals surface area contributed by atoms with Gasteiger partial charge in [-0.3, -0.25) is 9.59 Å². The van der Waals surface area contributed by atoms with E-state index in [4.69, 9.17) is 0 Å². The number of carbonyl (C=O) groups excluding carboxylic acids is 2. The third kappa shape index (κ3) is 4.05. The van der Waals surface area contributed by atoms with E-state index in [2.05, 4.69) is 10.6 Å². The number of anilines is 1. The summed E-state index contributed by atoms with van der Waals surface area (Å²) in [6, 6.07) is 11.0. The van der Waals surface area contributed by atoms with E-state index in [1.165, 1.54) is 23.1 Å². The minimum Gasteiger partial charge on any atom is -0.382 e. The van der Waals surface area contributed by atoms with Gasteiger partial charge in [0.25, 0.3) is 0 Å². The predicted molar refractivity (Wildman–Crippen MR) is 101 cm³/mol. The van der Waals surface area contributed by atoms with Crippen LogP contribution in [0.15, 0.2) is 46.7 Å². The quantitative estimate of drug-likeness (QED) is 0.535. The molecule has 5 nitrogen and oxygen atoms in total. The number of rotatable bonds is 6. The lowest BCUT2D eigenvalue weighted by Crippen LogP contribution is -2.45. The minimum absolute atomic E-state index is 0.0363. The van der Waals surface area contributed by atoms with E-state index in [0.29, 0.717) is 5.69 Å². The highest BCUT2D eigenvalue weighted by molar-refractivity contribution is 7.98. The zero-order valence-corrected chi connectivity index (χ0v) is 15.5. The van der Waals surface area contributed by atoms with Crippen LogP contribution in [0.2, 0.25) is 0 Å². The molecule has 132 valence electrons. The normalized spacial score (nSPS) is 16.1. The number of para-hydroxylation sites is 1. The average molecular weight is 377 g/mol. The van der Waals surface area contributed by atoms with Crippen molar-refractivity contribution in [1.29, 1.82) is 0 Å². The minimum atomic E-state index is -1.10. The summed E-state index contributed by atoms with van der Waals surface area (Å²) in [5.74, 6) is -1.34. The van der Waals surface area contributed by atoms with Gasteiger partial charge in [0, 0.05) is 9.77 Å². The van der Waals surface area contributed by atoms with Crippen molar-refractivity contribution in [2.24, 2.45) is 5.92 Å². The monoisotopic (exact) mass is 376 g/mol. The molecule has 1 aromatic heterocycles. The molecule has 3 rings (SSSR count). The summed E-state index contributed by atoms with van der Waals surface area (Å²) in [7, 11) is 0. The lowest BCUT2D eigenvalue weighted by Gasteiger charge is -2.27. The first kappa shape index (κ1) is 18.0. The fourth-order valence-electron chi connectivity index (χ4n) is 2.74. The first-order valence-corrected chi connectivity index (χ1v) is 10.1. The maximum atomic E-state index is 12.2. The van der Waals surface area contributed by atoms with Crippen LogP contribution in [-0.2, 0) is 15.2 Å². The lowest BCUT2D eigenvalue weighted by atomic mass is 9.95. The van der Waals surface area contributed by atoms with Gasteiger partial charge in [-0.2, -0.15) is 0 Å². The van der Waals surface area contributed by atoms with Crippen molar-refractivity contribution in [3.05, 3.63) is 46.7 Å². The fourth-order valence-corrected chi connectivity index (χ4v) is 4.20. The molecule has 2 aromatic rings. The Morgan fingerprint density at radius 1 is 1.24 bits per heavy atom. The third-order valence-corrected chi connectivity index (χ3v) is 6.11. The van der Waals surface area contributed by atoms with Crippen molar-refractivity contribution in [1.82, 2.24) is 5.32 Å². The van der Waals surface area contributed by atoms with E-state index >= 15 is 0 Å². The smallest absolute Gasteiger partial charge is 0.313 e. The highest BCUT2D eigenvalue weighted by atomic mass is 32.2. The Morgan fingerprint density at radius 3 is 2.64 bits per heavy atom. The van der Waals surface area contributed by atoms with Crippen molar-refractivity contribution in [3.63, 3.8) is 0 Å². The van der Waals surface area contributed by atoms with Gasteiger partial charge in [0.15, 0.2) is 0 Å². The topological polar surface area (TPSA) is 78.4 Å². The van der Waals surface area contributed by atoms with Crippen molar-refractivity contribution in [2.75, 3.05) is 18.1 Å².